The number of hydrogen-bond donors (Lipinski definition) is 2. The van der Waals surface area contributed by atoms with Crippen molar-refractivity contribution in [3.05, 3.63) is 28.0 Å². The maximum atomic E-state index is 11.7. The first-order valence-electron chi connectivity index (χ1n) is 8.45. The van der Waals surface area contributed by atoms with Gasteiger partial charge in [0.05, 0.1) is 16.1 Å². The Morgan fingerprint density at radius 2 is 1.79 bits per heavy atom. The summed E-state index contributed by atoms with van der Waals surface area (Å²) in [7, 11) is 0. The fourth-order valence-corrected chi connectivity index (χ4v) is 4.85. The van der Waals surface area contributed by atoms with E-state index in [1.165, 1.54) is 36.6 Å². The lowest BCUT2D eigenvalue weighted by Crippen LogP contribution is -2.38. The van der Waals surface area contributed by atoms with E-state index >= 15 is 0 Å². The van der Waals surface area contributed by atoms with Gasteiger partial charge in [-0.15, -0.1) is 0 Å². The van der Waals surface area contributed by atoms with Gasteiger partial charge in [-0.1, -0.05) is 55.3 Å². The van der Waals surface area contributed by atoms with Crippen molar-refractivity contribution in [3.8, 4) is 0 Å². The molecular weight excluding hydrogens is 351 g/mol. The van der Waals surface area contributed by atoms with Crippen LogP contribution in [0.15, 0.2) is 12.4 Å². The van der Waals surface area contributed by atoms with Gasteiger partial charge in [-0.25, -0.2) is 4.79 Å². The molecule has 5 nitrogen and oxygen atoms in total. The molecule has 1 amide bonds. The number of halogens is 2. The molecule has 1 aliphatic carbocycles. The number of amides is 1. The Morgan fingerprint density at radius 1 is 1.17 bits per heavy atom. The second-order valence-corrected chi connectivity index (χ2v) is 7.67. The lowest BCUT2D eigenvalue weighted by atomic mass is 9.78. The highest BCUT2D eigenvalue weighted by molar-refractivity contribution is 6.35. The van der Waals surface area contributed by atoms with Gasteiger partial charge in [-0.2, -0.15) is 0 Å². The maximum absolute atomic E-state index is 11.7. The van der Waals surface area contributed by atoms with Crippen molar-refractivity contribution in [2.45, 2.75) is 50.7 Å². The molecule has 1 saturated heterocycles. The molecule has 2 N–H and O–H groups in total. The van der Waals surface area contributed by atoms with Gasteiger partial charge in [0.25, 0.3) is 0 Å². The van der Waals surface area contributed by atoms with Gasteiger partial charge >= 0.3 is 6.09 Å². The van der Waals surface area contributed by atoms with Crippen molar-refractivity contribution in [2.75, 3.05) is 6.54 Å². The van der Waals surface area contributed by atoms with Crippen LogP contribution in [0.4, 0.5) is 4.79 Å². The standard InChI is InChI=1S/C17H22Cl2N2O3/c18-12-7-20-8-13(19)15(12)16(22)14-6-11(9-21(14)17(23)24)10-4-2-1-3-5-10/h7-8,10-11,14,16,22H,1-6,9H2,(H,23,24)/t11?,14?,16-/m1/s1. The third-order valence-corrected chi connectivity index (χ3v) is 6.09. The van der Waals surface area contributed by atoms with E-state index in [0.717, 1.165) is 12.8 Å². The van der Waals surface area contributed by atoms with Crippen LogP contribution in [0.25, 0.3) is 0 Å². The van der Waals surface area contributed by atoms with Crippen LogP contribution in [0, 0.1) is 11.8 Å². The van der Waals surface area contributed by atoms with Crippen LogP contribution in [0.2, 0.25) is 10.0 Å². The Balaban J connectivity index is 1.83. The summed E-state index contributed by atoms with van der Waals surface area (Å²) < 4.78 is 0. The number of aliphatic hydroxyl groups is 1. The Labute approximate surface area is 151 Å². The second-order valence-electron chi connectivity index (χ2n) is 6.86. The fraction of sp³-hybridized carbons (Fsp3) is 0.647. The third-order valence-electron chi connectivity index (χ3n) is 5.49. The molecule has 2 fully saturated rings. The first-order chi connectivity index (χ1) is 11.5. The smallest absolute Gasteiger partial charge is 0.407 e. The van der Waals surface area contributed by atoms with E-state index < -0.39 is 18.2 Å². The molecule has 0 radical (unpaired) electrons. The minimum atomic E-state index is -1.04. The van der Waals surface area contributed by atoms with Gasteiger partial charge in [0, 0.05) is 24.5 Å². The average molecular weight is 373 g/mol. The molecule has 24 heavy (non-hydrogen) atoms. The second kappa shape index (κ2) is 7.46. The molecule has 0 aromatic carbocycles. The van der Waals surface area contributed by atoms with E-state index in [1.807, 2.05) is 0 Å². The molecule has 0 spiro atoms. The molecule has 0 bridgehead atoms. The molecule has 1 aromatic heterocycles. The molecule has 2 aliphatic rings. The molecule has 1 aliphatic heterocycles. The zero-order chi connectivity index (χ0) is 17.3. The molecular formula is C17H22Cl2N2O3. The number of pyridine rings is 1. The Kier molecular flexibility index (Phi) is 5.52. The van der Waals surface area contributed by atoms with Gasteiger partial charge in [-0.3, -0.25) is 4.98 Å². The van der Waals surface area contributed by atoms with Crippen molar-refractivity contribution < 1.29 is 15.0 Å². The topological polar surface area (TPSA) is 73.7 Å². The molecule has 7 heteroatoms. The predicted octanol–water partition coefficient (Wildman–Crippen LogP) is 4.37. The van der Waals surface area contributed by atoms with Crippen LogP contribution < -0.4 is 0 Å². The highest BCUT2D eigenvalue weighted by Crippen LogP contribution is 2.42. The number of rotatable bonds is 3. The third kappa shape index (κ3) is 3.48. The average Bonchev–Trinajstić information content (AvgIpc) is 3.01. The maximum Gasteiger partial charge on any atom is 0.407 e. The van der Waals surface area contributed by atoms with Gasteiger partial charge < -0.3 is 15.1 Å². The Bertz CT molecular complexity index is 587. The molecule has 2 unspecified atom stereocenters. The quantitative estimate of drug-likeness (QED) is 0.825. The largest absolute Gasteiger partial charge is 0.465 e. The Hall–Kier alpha value is -1.04. The van der Waals surface area contributed by atoms with Crippen molar-refractivity contribution >= 4 is 29.3 Å². The van der Waals surface area contributed by atoms with Crippen molar-refractivity contribution in [2.24, 2.45) is 11.8 Å². The minimum absolute atomic E-state index is 0.265. The normalized spacial score (nSPS) is 26.5. The zero-order valence-corrected chi connectivity index (χ0v) is 14.9. The first-order valence-corrected chi connectivity index (χ1v) is 9.21. The van der Waals surface area contributed by atoms with Crippen LogP contribution in [0.3, 0.4) is 0 Å². The predicted molar refractivity (Wildman–Crippen MR) is 92.4 cm³/mol. The molecule has 1 saturated carbocycles. The number of carboxylic acid groups (broad SMARTS) is 1. The van der Waals surface area contributed by atoms with Crippen LogP contribution >= 0.6 is 23.2 Å². The van der Waals surface area contributed by atoms with Crippen LogP contribution in [0.5, 0.6) is 0 Å². The van der Waals surface area contributed by atoms with E-state index in [1.54, 1.807) is 0 Å². The minimum Gasteiger partial charge on any atom is -0.465 e. The number of hydrogen-bond acceptors (Lipinski definition) is 3. The van der Waals surface area contributed by atoms with Gasteiger partial charge in [0.2, 0.25) is 0 Å². The lowest BCUT2D eigenvalue weighted by Gasteiger charge is -2.27. The summed E-state index contributed by atoms with van der Waals surface area (Å²) in [6.45, 7) is 0.474. The van der Waals surface area contributed by atoms with Crippen molar-refractivity contribution in [1.82, 2.24) is 9.88 Å². The van der Waals surface area contributed by atoms with Crippen molar-refractivity contribution in [1.29, 1.82) is 0 Å². The Morgan fingerprint density at radius 3 is 2.38 bits per heavy atom. The summed E-state index contributed by atoms with van der Waals surface area (Å²) in [4.78, 5) is 16.9. The molecule has 3 rings (SSSR count). The first kappa shape index (κ1) is 17.8. The fourth-order valence-electron chi connectivity index (χ4n) is 4.26. The van der Waals surface area contributed by atoms with E-state index in [4.69, 9.17) is 23.2 Å². The number of carbonyl (C=O) groups is 1. The van der Waals surface area contributed by atoms with Gasteiger partial charge in [0.15, 0.2) is 0 Å². The summed E-state index contributed by atoms with van der Waals surface area (Å²) in [6.07, 6.45) is 7.43. The van der Waals surface area contributed by atoms with E-state index in [2.05, 4.69) is 4.98 Å². The number of likely N-dealkylation sites (tertiary alicyclic amines) is 1. The highest BCUT2D eigenvalue weighted by Gasteiger charge is 2.43. The highest BCUT2D eigenvalue weighted by atomic mass is 35.5. The SMILES string of the molecule is O=C(O)N1CC(C2CCCCC2)CC1[C@@H](O)c1c(Cl)cncc1Cl. The summed E-state index contributed by atoms with van der Waals surface area (Å²) >= 11 is 12.3. The summed E-state index contributed by atoms with van der Waals surface area (Å²) in [5.74, 6) is 0.835. The number of aromatic nitrogens is 1. The monoisotopic (exact) mass is 372 g/mol. The summed E-state index contributed by atoms with van der Waals surface area (Å²) in [5, 5.41) is 20.9. The molecule has 3 atom stereocenters. The molecule has 132 valence electrons. The van der Waals surface area contributed by atoms with Gasteiger partial charge in [-0.05, 0) is 18.3 Å². The van der Waals surface area contributed by atoms with E-state index in [0.29, 0.717) is 30.4 Å². The van der Waals surface area contributed by atoms with Crippen LogP contribution in [-0.4, -0.2) is 38.8 Å². The molecule has 1 aromatic rings. The van der Waals surface area contributed by atoms with E-state index in [9.17, 15) is 15.0 Å². The summed E-state index contributed by atoms with van der Waals surface area (Å²) in [6, 6.07) is -0.521. The van der Waals surface area contributed by atoms with Gasteiger partial charge in [0.1, 0.15) is 6.10 Å². The van der Waals surface area contributed by atoms with Crippen molar-refractivity contribution in [3.63, 3.8) is 0 Å². The number of aliphatic hydroxyl groups excluding tert-OH is 1. The summed E-state index contributed by atoms with van der Waals surface area (Å²) in [5.41, 5.74) is 0.369. The molecule has 2 heterocycles. The number of nitrogens with zero attached hydrogens (tertiary/aromatic N) is 2. The lowest BCUT2D eigenvalue weighted by molar-refractivity contribution is 0.0677. The van der Waals surface area contributed by atoms with E-state index in [-0.39, 0.29) is 10.0 Å². The van der Waals surface area contributed by atoms with Crippen LogP contribution in [0.1, 0.15) is 50.2 Å². The zero-order valence-electron chi connectivity index (χ0n) is 13.4. The van der Waals surface area contributed by atoms with Crippen LogP contribution in [-0.2, 0) is 0 Å².